The van der Waals surface area contributed by atoms with Gasteiger partial charge in [0.1, 0.15) is 5.82 Å². The zero-order valence-corrected chi connectivity index (χ0v) is 8.66. The van der Waals surface area contributed by atoms with Crippen molar-refractivity contribution in [3.05, 3.63) is 30.1 Å². The van der Waals surface area contributed by atoms with Crippen molar-refractivity contribution in [3.63, 3.8) is 0 Å². The van der Waals surface area contributed by atoms with Gasteiger partial charge >= 0.3 is 0 Å². The summed E-state index contributed by atoms with van der Waals surface area (Å²) in [5.74, 6) is -0.625. The summed E-state index contributed by atoms with van der Waals surface area (Å²) in [6.45, 7) is 2.23. The van der Waals surface area contributed by atoms with Crippen LogP contribution >= 0.6 is 0 Å². The number of benzene rings is 1. The molecule has 0 spiro atoms. The fourth-order valence-electron chi connectivity index (χ4n) is 1.24. The Morgan fingerprint density at radius 2 is 2.07 bits per heavy atom. The van der Waals surface area contributed by atoms with E-state index < -0.39 is 0 Å². The average molecular weight is 210 g/mol. The lowest BCUT2D eigenvalue weighted by Gasteiger charge is -2.12. The molecule has 0 aliphatic heterocycles. The predicted octanol–water partition coefficient (Wildman–Crippen LogP) is 1.75. The van der Waals surface area contributed by atoms with Crippen LogP contribution in [0.25, 0.3) is 0 Å². The summed E-state index contributed by atoms with van der Waals surface area (Å²) in [5, 5.41) is 2.69. The van der Waals surface area contributed by atoms with Crippen LogP contribution in [0.5, 0.6) is 0 Å². The lowest BCUT2D eigenvalue weighted by molar-refractivity contribution is -0.119. The van der Waals surface area contributed by atoms with E-state index in [0.717, 1.165) is 0 Å². The lowest BCUT2D eigenvalue weighted by atomic mass is 10.1. The Kier molecular flexibility index (Phi) is 4.24. The first-order valence-electron chi connectivity index (χ1n) is 4.94. The maximum Gasteiger partial charge on any atom is 0.228 e. The number of nitrogens with one attached hydrogen (secondary N) is 1. The van der Waals surface area contributed by atoms with Crippen LogP contribution in [0.15, 0.2) is 24.3 Å². The van der Waals surface area contributed by atoms with E-state index in [1.807, 2.05) is 6.92 Å². The summed E-state index contributed by atoms with van der Waals surface area (Å²) in [4.78, 5) is 11.6. The molecule has 0 fully saturated rings. The largest absolute Gasteiger partial charge is 0.330 e. The molecule has 1 unspecified atom stereocenters. The molecule has 1 aromatic rings. The summed E-state index contributed by atoms with van der Waals surface area (Å²) >= 11 is 0. The Morgan fingerprint density at radius 3 is 2.53 bits per heavy atom. The Morgan fingerprint density at radius 1 is 1.47 bits per heavy atom. The summed E-state index contributed by atoms with van der Waals surface area (Å²) in [6.07, 6.45) is 0.698. The number of rotatable bonds is 4. The third-order valence-electron chi connectivity index (χ3n) is 2.26. The highest BCUT2D eigenvalue weighted by Gasteiger charge is 2.14. The van der Waals surface area contributed by atoms with Crippen molar-refractivity contribution in [3.8, 4) is 0 Å². The van der Waals surface area contributed by atoms with E-state index in [1.165, 1.54) is 24.3 Å². The van der Waals surface area contributed by atoms with Crippen LogP contribution < -0.4 is 11.1 Å². The molecule has 0 aliphatic rings. The molecule has 1 atom stereocenters. The predicted molar refractivity (Wildman–Crippen MR) is 57.9 cm³/mol. The number of anilines is 1. The molecule has 0 saturated carbocycles. The third-order valence-corrected chi connectivity index (χ3v) is 2.26. The number of nitrogens with two attached hydrogens (primary N) is 1. The summed E-state index contributed by atoms with van der Waals surface area (Å²) in [6, 6.07) is 5.66. The molecule has 1 amide bonds. The molecule has 3 N–H and O–H groups in total. The topological polar surface area (TPSA) is 55.1 Å². The molecule has 4 heteroatoms. The third kappa shape index (κ3) is 3.32. The first kappa shape index (κ1) is 11.7. The maximum atomic E-state index is 12.6. The Labute approximate surface area is 88.5 Å². The second-order valence-corrected chi connectivity index (χ2v) is 3.34. The van der Waals surface area contributed by atoms with Gasteiger partial charge in [-0.15, -0.1) is 0 Å². The molecular weight excluding hydrogens is 195 g/mol. The molecule has 0 heterocycles. The number of amides is 1. The van der Waals surface area contributed by atoms with Gasteiger partial charge in [0.25, 0.3) is 0 Å². The summed E-state index contributed by atoms with van der Waals surface area (Å²) < 4.78 is 12.6. The minimum Gasteiger partial charge on any atom is -0.330 e. The SMILES string of the molecule is CCC(CN)C(=O)Nc1ccc(F)cc1. The van der Waals surface area contributed by atoms with Gasteiger partial charge in [-0.25, -0.2) is 4.39 Å². The van der Waals surface area contributed by atoms with Crippen LogP contribution in [-0.2, 0) is 4.79 Å². The van der Waals surface area contributed by atoms with Crippen LogP contribution in [-0.4, -0.2) is 12.5 Å². The van der Waals surface area contributed by atoms with E-state index >= 15 is 0 Å². The summed E-state index contributed by atoms with van der Waals surface area (Å²) in [7, 11) is 0. The monoisotopic (exact) mass is 210 g/mol. The molecule has 0 radical (unpaired) electrons. The highest BCUT2D eigenvalue weighted by atomic mass is 19.1. The van der Waals surface area contributed by atoms with Gasteiger partial charge < -0.3 is 11.1 Å². The van der Waals surface area contributed by atoms with E-state index in [9.17, 15) is 9.18 Å². The second-order valence-electron chi connectivity index (χ2n) is 3.34. The van der Waals surface area contributed by atoms with E-state index in [2.05, 4.69) is 5.32 Å². The molecular formula is C11H15FN2O. The van der Waals surface area contributed by atoms with Gasteiger partial charge in [-0.1, -0.05) is 6.92 Å². The van der Waals surface area contributed by atoms with Crippen LogP contribution in [0.1, 0.15) is 13.3 Å². The molecule has 1 aromatic carbocycles. The minimum atomic E-state index is -0.320. The van der Waals surface area contributed by atoms with Crippen molar-refractivity contribution >= 4 is 11.6 Å². The van der Waals surface area contributed by atoms with Gasteiger partial charge in [-0.2, -0.15) is 0 Å². The van der Waals surface area contributed by atoms with Crippen molar-refractivity contribution in [1.29, 1.82) is 0 Å². The van der Waals surface area contributed by atoms with Crippen molar-refractivity contribution in [1.82, 2.24) is 0 Å². The molecule has 0 saturated heterocycles. The zero-order valence-electron chi connectivity index (χ0n) is 8.66. The van der Waals surface area contributed by atoms with Gasteiger partial charge in [0, 0.05) is 12.2 Å². The number of carbonyl (C=O) groups excluding carboxylic acids is 1. The minimum absolute atomic E-state index is 0.119. The zero-order chi connectivity index (χ0) is 11.3. The molecule has 3 nitrogen and oxygen atoms in total. The number of hydrogen-bond donors (Lipinski definition) is 2. The molecule has 82 valence electrons. The first-order chi connectivity index (χ1) is 7.17. The van der Waals surface area contributed by atoms with Crippen molar-refractivity contribution in [2.24, 2.45) is 11.7 Å². The van der Waals surface area contributed by atoms with E-state index in [1.54, 1.807) is 0 Å². The van der Waals surface area contributed by atoms with Crippen LogP contribution in [0.4, 0.5) is 10.1 Å². The molecule has 15 heavy (non-hydrogen) atoms. The highest BCUT2D eigenvalue weighted by molar-refractivity contribution is 5.92. The Balaban J connectivity index is 2.61. The maximum absolute atomic E-state index is 12.6. The second kappa shape index (κ2) is 5.46. The first-order valence-corrected chi connectivity index (χ1v) is 4.94. The molecule has 0 aromatic heterocycles. The van der Waals surface area contributed by atoms with Gasteiger partial charge in [-0.05, 0) is 30.7 Å². The average Bonchev–Trinajstić information content (AvgIpc) is 2.23. The van der Waals surface area contributed by atoms with E-state index in [0.29, 0.717) is 18.7 Å². The number of carbonyl (C=O) groups is 1. The van der Waals surface area contributed by atoms with Gasteiger partial charge in [-0.3, -0.25) is 4.79 Å². The number of hydrogen-bond acceptors (Lipinski definition) is 2. The Bertz CT molecular complexity index is 320. The summed E-state index contributed by atoms with van der Waals surface area (Å²) in [5.41, 5.74) is 6.03. The molecule has 1 rings (SSSR count). The normalized spacial score (nSPS) is 12.2. The van der Waals surface area contributed by atoms with Crippen molar-refractivity contribution < 1.29 is 9.18 Å². The van der Waals surface area contributed by atoms with Crippen LogP contribution in [0, 0.1) is 11.7 Å². The van der Waals surface area contributed by atoms with Gasteiger partial charge in [0.15, 0.2) is 0 Å². The molecule has 0 aliphatic carbocycles. The van der Waals surface area contributed by atoms with E-state index in [-0.39, 0.29) is 17.6 Å². The lowest BCUT2D eigenvalue weighted by Crippen LogP contribution is -2.28. The van der Waals surface area contributed by atoms with Crippen molar-refractivity contribution in [2.45, 2.75) is 13.3 Å². The standard InChI is InChI=1S/C11H15FN2O/c1-2-8(7-13)11(15)14-10-5-3-9(12)4-6-10/h3-6,8H,2,7,13H2,1H3,(H,14,15). The van der Waals surface area contributed by atoms with Gasteiger partial charge in [0.05, 0.1) is 5.92 Å². The van der Waals surface area contributed by atoms with Crippen LogP contribution in [0.2, 0.25) is 0 Å². The smallest absolute Gasteiger partial charge is 0.228 e. The van der Waals surface area contributed by atoms with Crippen LogP contribution in [0.3, 0.4) is 0 Å². The van der Waals surface area contributed by atoms with E-state index in [4.69, 9.17) is 5.73 Å². The van der Waals surface area contributed by atoms with Crippen molar-refractivity contribution in [2.75, 3.05) is 11.9 Å². The Hall–Kier alpha value is -1.42. The fraction of sp³-hybridized carbons (Fsp3) is 0.364. The van der Waals surface area contributed by atoms with Gasteiger partial charge in [0.2, 0.25) is 5.91 Å². The highest BCUT2D eigenvalue weighted by Crippen LogP contribution is 2.10. The fourth-order valence-corrected chi connectivity index (χ4v) is 1.24. The quantitative estimate of drug-likeness (QED) is 0.795. The number of halogens is 1. The molecule has 0 bridgehead atoms.